The normalized spacial score (nSPS) is 34.5. The first-order valence-corrected chi connectivity index (χ1v) is 14.6. The van der Waals surface area contributed by atoms with Crippen molar-refractivity contribution in [3.05, 3.63) is 60.2 Å². The number of hydrogen-bond donors (Lipinski definition) is 2. The zero-order valence-electron chi connectivity index (χ0n) is 23.6. The molecule has 220 valence electrons. The van der Waals surface area contributed by atoms with Crippen LogP contribution in [0.15, 0.2) is 54.6 Å². The fraction of sp³-hybridized carbons (Fsp3) is 0.548. The number of aliphatic hydroxyl groups is 1. The largest absolute Gasteiger partial charge is 0.455 e. The van der Waals surface area contributed by atoms with Gasteiger partial charge in [-0.1, -0.05) is 68.0 Å². The van der Waals surface area contributed by atoms with Crippen molar-refractivity contribution in [1.29, 1.82) is 0 Å². The van der Waals surface area contributed by atoms with E-state index < -0.39 is 53.6 Å². The fourth-order valence-corrected chi connectivity index (χ4v) is 6.65. The van der Waals surface area contributed by atoms with Gasteiger partial charge >= 0.3 is 5.97 Å². The predicted octanol–water partition coefficient (Wildman–Crippen LogP) is 1.90. The van der Waals surface area contributed by atoms with Gasteiger partial charge in [-0.15, -0.1) is 0 Å². The summed E-state index contributed by atoms with van der Waals surface area (Å²) < 4.78 is 12.8. The number of amides is 3. The minimum Gasteiger partial charge on any atom is -0.455 e. The van der Waals surface area contributed by atoms with E-state index in [9.17, 15) is 24.3 Å². The van der Waals surface area contributed by atoms with E-state index in [1.54, 1.807) is 30.1 Å². The molecule has 10 heteroatoms. The van der Waals surface area contributed by atoms with Crippen LogP contribution in [0.3, 0.4) is 0 Å². The molecule has 1 aromatic rings. The lowest BCUT2D eigenvalue weighted by atomic mass is 9.77. The number of carbonyl (C=O) groups excluding carboxylic acids is 4. The lowest BCUT2D eigenvalue weighted by molar-refractivity contribution is -0.161. The molecule has 1 aromatic carbocycles. The summed E-state index contributed by atoms with van der Waals surface area (Å²) in [7, 11) is 0. The minimum absolute atomic E-state index is 0.0513. The van der Waals surface area contributed by atoms with Crippen LogP contribution in [0, 0.1) is 11.8 Å². The van der Waals surface area contributed by atoms with Crippen LogP contribution >= 0.6 is 0 Å². The molecule has 1 spiro atoms. The molecule has 0 saturated carbocycles. The third kappa shape index (κ3) is 5.30. The number of ether oxygens (including phenoxy) is 2. The number of β-amino-alcohol motifs (C(OH)–C–C–N with tert-alkyl or cyclic N) is 1. The number of esters is 1. The monoisotopic (exact) mass is 565 g/mol. The smallest absolute Gasteiger partial charge is 0.313 e. The van der Waals surface area contributed by atoms with Crippen molar-refractivity contribution in [1.82, 2.24) is 15.1 Å². The molecular weight excluding hydrogens is 526 g/mol. The van der Waals surface area contributed by atoms with Gasteiger partial charge in [0.2, 0.25) is 17.7 Å². The molecule has 4 heterocycles. The molecule has 7 atom stereocenters. The van der Waals surface area contributed by atoms with Crippen molar-refractivity contribution < 1.29 is 33.8 Å². The summed E-state index contributed by atoms with van der Waals surface area (Å²) in [4.78, 5) is 57.9. The molecule has 2 fully saturated rings. The number of benzene rings is 1. The molecule has 4 aliphatic rings. The Labute approximate surface area is 240 Å². The minimum atomic E-state index is -1.40. The van der Waals surface area contributed by atoms with E-state index in [-0.39, 0.29) is 31.4 Å². The number of nitrogens with zero attached hydrogens (tertiary/aromatic N) is 2. The van der Waals surface area contributed by atoms with Gasteiger partial charge in [0.25, 0.3) is 0 Å². The van der Waals surface area contributed by atoms with E-state index in [0.29, 0.717) is 25.1 Å². The topological polar surface area (TPSA) is 125 Å². The number of aliphatic hydroxyl groups excluding tert-OH is 1. The maximum Gasteiger partial charge on any atom is 0.313 e. The highest BCUT2D eigenvalue weighted by Gasteiger charge is 2.71. The lowest BCUT2D eigenvalue weighted by Crippen LogP contribution is -2.55. The highest BCUT2D eigenvalue weighted by atomic mass is 16.6. The Morgan fingerprint density at radius 1 is 1.07 bits per heavy atom. The van der Waals surface area contributed by atoms with Gasteiger partial charge < -0.3 is 29.7 Å². The van der Waals surface area contributed by atoms with Crippen LogP contribution in [-0.4, -0.2) is 88.6 Å². The number of rotatable bonds is 6. The van der Waals surface area contributed by atoms with Gasteiger partial charge in [0.15, 0.2) is 0 Å². The number of cyclic esters (lactones) is 1. The molecule has 2 N–H and O–H groups in total. The number of nitrogens with one attached hydrogen (secondary N) is 1. The highest BCUT2D eigenvalue weighted by molar-refractivity contribution is 5.99. The second-order valence-corrected chi connectivity index (χ2v) is 11.2. The third-order valence-corrected chi connectivity index (χ3v) is 8.55. The first kappa shape index (κ1) is 29.0. The number of unbranched alkanes of at least 4 members (excludes halogenated alkanes) is 1. The molecule has 0 radical (unpaired) electrons. The summed E-state index contributed by atoms with van der Waals surface area (Å²) in [6.07, 6.45) is 7.84. The molecule has 0 aliphatic carbocycles. The fourth-order valence-electron chi connectivity index (χ4n) is 6.65. The van der Waals surface area contributed by atoms with Crippen LogP contribution in [0.2, 0.25) is 0 Å². The Bertz CT molecular complexity index is 1220. The van der Waals surface area contributed by atoms with Crippen LogP contribution in [0.5, 0.6) is 0 Å². The van der Waals surface area contributed by atoms with E-state index in [4.69, 9.17) is 9.47 Å². The zero-order chi connectivity index (χ0) is 29.1. The number of allylic oxidation sites excluding steroid dienone is 1. The summed E-state index contributed by atoms with van der Waals surface area (Å²) in [5, 5.41) is 12.8. The predicted molar refractivity (Wildman–Crippen MR) is 149 cm³/mol. The Hall–Kier alpha value is -3.50. The lowest BCUT2D eigenvalue weighted by Gasteiger charge is -2.35. The van der Waals surface area contributed by atoms with Gasteiger partial charge in [-0.3, -0.25) is 19.2 Å². The van der Waals surface area contributed by atoms with Gasteiger partial charge in [0.1, 0.15) is 23.7 Å². The van der Waals surface area contributed by atoms with Gasteiger partial charge in [-0.25, -0.2) is 0 Å². The average molecular weight is 566 g/mol. The quantitative estimate of drug-likeness (QED) is 0.399. The SMILES string of the molecule is CCCCN1CC=C[C@@]23O[C@H]4/C=C\CCC(=O)N[C@@H](C)[C@H](c5ccccc5)OC(=O)[C@H]4[C@@H]2C(=O)N(CCO)[C@H]3C1=O. The van der Waals surface area contributed by atoms with Gasteiger partial charge in [-0.05, 0) is 25.3 Å². The van der Waals surface area contributed by atoms with Crippen LogP contribution in [0.4, 0.5) is 0 Å². The number of fused-ring (bicyclic) bond motifs is 2. The molecule has 2 saturated heterocycles. The molecule has 0 unspecified atom stereocenters. The van der Waals surface area contributed by atoms with Gasteiger partial charge in [0.05, 0.1) is 24.7 Å². The van der Waals surface area contributed by atoms with Crippen LogP contribution in [0.1, 0.15) is 51.2 Å². The summed E-state index contributed by atoms with van der Waals surface area (Å²) in [6.45, 7) is 4.35. The molecule has 5 rings (SSSR count). The Balaban J connectivity index is 1.57. The number of likely N-dealkylation sites (tertiary alicyclic amines) is 1. The van der Waals surface area contributed by atoms with Crippen molar-refractivity contribution in [3.8, 4) is 0 Å². The van der Waals surface area contributed by atoms with Crippen molar-refractivity contribution in [2.24, 2.45) is 11.8 Å². The standard InChI is InChI=1S/C31H39N3O7/c1-3-4-16-33-17-10-15-31-25(28(37)34(18-19-35)27(31)29(33)38)24-22(41-31)13-8-9-14-23(36)32-20(2)26(40-30(24)39)21-11-6-5-7-12-21/h5-8,10-13,15,20,22,24-27,35H,3-4,9,14,16-19H2,1-2H3,(H,32,36)/b13-8-/t20-,22-,24+,25+,26+,27-,31+/m0/s1. The van der Waals surface area contributed by atoms with Crippen molar-refractivity contribution in [2.45, 2.75) is 69.4 Å². The summed E-state index contributed by atoms with van der Waals surface area (Å²) in [5.41, 5.74) is -0.689. The average Bonchev–Trinajstić information content (AvgIpc) is 3.34. The van der Waals surface area contributed by atoms with Crippen LogP contribution in [0.25, 0.3) is 0 Å². The Morgan fingerprint density at radius 2 is 1.85 bits per heavy atom. The zero-order valence-corrected chi connectivity index (χ0v) is 23.6. The first-order chi connectivity index (χ1) is 19.8. The summed E-state index contributed by atoms with van der Waals surface area (Å²) in [6, 6.07) is 7.62. The van der Waals surface area contributed by atoms with E-state index in [1.807, 2.05) is 43.3 Å². The van der Waals surface area contributed by atoms with Crippen molar-refractivity contribution in [2.75, 3.05) is 26.2 Å². The second-order valence-electron chi connectivity index (χ2n) is 11.2. The summed E-state index contributed by atoms with van der Waals surface area (Å²) >= 11 is 0. The van der Waals surface area contributed by atoms with Gasteiger partial charge in [0, 0.05) is 26.1 Å². The van der Waals surface area contributed by atoms with E-state index >= 15 is 0 Å². The van der Waals surface area contributed by atoms with E-state index in [1.165, 1.54) is 4.90 Å². The molecule has 0 bridgehead atoms. The Morgan fingerprint density at radius 3 is 2.59 bits per heavy atom. The Kier molecular flexibility index (Phi) is 8.60. The third-order valence-electron chi connectivity index (χ3n) is 8.55. The molecule has 3 amide bonds. The maximum atomic E-state index is 14.1. The van der Waals surface area contributed by atoms with Crippen molar-refractivity contribution in [3.63, 3.8) is 0 Å². The van der Waals surface area contributed by atoms with E-state index in [0.717, 1.165) is 12.8 Å². The first-order valence-electron chi connectivity index (χ1n) is 14.6. The number of hydrogen-bond acceptors (Lipinski definition) is 7. The van der Waals surface area contributed by atoms with E-state index in [2.05, 4.69) is 5.32 Å². The van der Waals surface area contributed by atoms with Crippen molar-refractivity contribution >= 4 is 23.7 Å². The number of carbonyl (C=O) groups is 4. The van der Waals surface area contributed by atoms with Gasteiger partial charge in [-0.2, -0.15) is 0 Å². The molecule has 10 nitrogen and oxygen atoms in total. The summed E-state index contributed by atoms with van der Waals surface area (Å²) in [5.74, 6) is -3.52. The van der Waals surface area contributed by atoms with Crippen LogP contribution in [-0.2, 0) is 28.7 Å². The maximum absolute atomic E-state index is 14.1. The van der Waals surface area contributed by atoms with Crippen LogP contribution < -0.4 is 5.32 Å². The molecule has 0 aromatic heterocycles. The highest BCUT2D eigenvalue weighted by Crippen LogP contribution is 2.53. The molecule has 41 heavy (non-hydrogen) atoms. The molecular formula is C31H39N3O7. The molecule has 4 aliphatic heterocycles. The second kappa shape index (κ2) is 12.2.